The maximum absolute atomic E-state index is 12.0. The van der Waals surface area contributed by atoms with Gasteiger partial charge in [-0.3, -0.25) is 4.40 Å². The number of anilines is 1. The third-order valence-electron chi connectivity index (χ3n) is 3.37. The summed E-state index contributed by atoms with van der Waals surface area (Å²) in [5, 5.41) is 13.8. The van der Waals surface area contributed by atoms with Crippen LogP contribution in [0, 0.1) is 0 Å². The van der Waals surface area contributed by atoms with Gasteiger partial charge in [-0.15, -0.1) is 10.2 Å². The van der Waals surface area contributed by atoms with Gasteiger partial charge < -0.3 is 15.4 Å². The molecule has 2 heterocycles. The highest BCUT2D eigenvalue weighted by atomic mass is 16.5. The van der Waals surface area contributed by atoms with Crippen LogP contribution in [0.4, 0.5) is 10.5 Å². The number of hydrogen-bond acceptors (Lipinski definition) is 4. The molecule has 0 unspecified atom stereocenters. The fourth-order valence-corrected chi connectivity index (χ4v) is 2.26. The molecule has 0 aliphatic heterocycles. The minimum Gasteiger partial charge on any atom is -0.495 e. The number of methoxy groups -OCH3 is 1. The predicted molar refractivity (Wildman–Crippen MR) is 86.7 cm³/mol. The number of urea groups is 1. The van der Waals surface area contributed by atoms with E-state index < -0.39 is 0 Å². The lowest BCUT2D eigenvalue weighted by atomic mass is 10.3. The third-order valence-corrected chi connectivity index (χ3v) is 3.37. The fourth-order valence-electron chi connectivity index (χ4n) is 2.26. The van der Waals surface area contributed by atoms with Crippen molar-refractivity contribution in [2.24, 2.45) is 0 Å². The molecule has 7 nitrogen and oxygen atoms in total. The summed E-state index contributed by atoms with van der Waals surface area (Å²) in [7, 11) is 1.56. The fraction of sp³-hybridized carbons (Fsp3) is 0.188. The molecule has 2 aromatic heterocycles. The lowest BCUT2D eigenvalue weighted by molar-refractivity contribution is 0.252. The second kappa shape index (κ2) is 6.78. The van der Waals surface area contributed by atoms with Crippen molar-refractivity contribution >= 4 is 17.4 Å². The Morgan fingerprint density at radius 3 is 2.87 bits per heavy atom. The Labute approximate surface area is 133 Å². The van der Waals surface area contributed by atoms with Gasteiger partial charge in [0.05, 0.1) is 12.8 Å². The number of aromatic nitrogens is 3. The van der Waals surface area contributed by atoms with Crippen molar-refractivity contribution < 1.29 is 9.53 Å². The molecule has 2 N–H and O–H groups in total. The predicted octanol–water partition coefficient (Wildman–Crippen LogP) is 2.10. The van der Waals surface area contributed by atoms with E-state index in [9.17, 15) is 4.79 Å². The monoisotopic (exact) mass is 311 g/mol. The number of fused-ring (bicyclic) bond motifs is 1. The Morgan fingerprint density at radius 1 is 1.17 bits per heavy atom. The smallest absolute Gasteiger partial charge is 0.319 e. The summed E-state index contributed by atoms with van der Waals surface area (Å²) < 4.78 is 7.10. The molecule has 0 atom stereocenters. The van der Waals surface area contributed by atoms with E-state index >= 15 is 0 Å². The minimum atomic E-state index is -0.289. The largest absolute Gasteiger partial charge is 0.495 e. The van der Waals surface area contributed by atoms with E-state index in [1.807, 2.05) is 40.9 Å². The second-order valence-corrected chi connectivity index (χ2v) is 4.88. The van der Waals surface area contributed by atoms with Gasteiger partial charge in [0, 0.05) is 19.2 Å². The van der Waals surface area contributed by atoms with Crippen molar-refractivity contribution in [1.82, 2.24) is 19.9 Å². The molecule has 0 radical (unpaired) electrons. The van der Waals surface area contributed by atoms with Gasteiger partial charge in [0.25, 0.3) is 0 Å². The van der Waals surface area contributed by atoms with Crippen LogP contribution in [0.1, 0.15) is 5.82 Å². The zero-order chi connectivity index (χ0) is 16.1. The van der Waals surface area contributed by atoms with E-state index in [1.165, 1.54) is 0 Å². The van der Waals surface area contributed by atoms with Gasteiger partial charge in [0.2, 0.25) is 0 Å². The molecule has 118 valence electrons. The highest BCUT2D eigenvalue weighted by Gasteiger charge is 2.08. The van der Waals surface area contributed by atoms with E-state index in [2.05, 4.69) is 20.8 Å². The maximum atomic E-state index is 12.0. The number of rotatable bonds is 5. The summed E-state index contributed by atoms with van der Waals surface area (Å²) in [5.74, 6) is 1.42. The van der Waals surface area contributed by atoms with Crippen LogP contribution in [-0.4, -0.2) is 34.3 Å². The van der Waals surface area contributed by atoms with E-state index in [0.29, 0.717) is 24.4 Å². The van der Waals surface area contributed by atoms with Gasteiger partial charge >= 0.3 is 6.03 Å². The molecule has 0 spiro atoms. The second-order valence-electron chi connectivity index (χ2n) is 4.88. The van der Waals surface area contributed by atoms with Gasteiger partial charge in [-0.2, -0.15) is 0 Å². The highest BCUT2D eigenvalue weighted by molar-refractivity contribution is 5.90. The molecule has 2 amide bonds. The minimum absolute atomic E-state index is 0.289. The molecule has 1 aromatic carbocycles. The maximum Gasteiger partial charge on any atom is 0.319 e. The lowest BCUT2D eigenvalue weighted by Crippen LogP contribution is -2.30. The molecular formula is C16H17N5O2. The molecule has 0 saturated heterocycles. The number of benzene rings is 1. The van der Waals surface area contributed by atoms with Crippen LogP contribution in [-0.2, 0) is 6.42 Å². The standard InChI is InChI=1S/C16H17N5O2/c1-23-13-7-3-2-6-12(13)18-16(22)17-10-9-15-20-19-14-8-4-5-11-21(14)15/h2-8,11H,9-10H2,1H3,(H2,17,18,22). The number of carbonyl (C=O) groups excluding carboxylic acids is 1. The molecule has 0 bridgehead atoms. The van der Waals surface area contributed by atoms with Gasteiger partial charge in [0.15, 0.2) is 5.65 Å². The van der Waals surface area contributed by atoms with Crippen LogP contribution < -0.4 is 15.4 Å². The van der Waals surface area contributed by atoms with Crippen molar-refractivity contribution in [2.45, 2.75) is 6.42 Å². The zero-order valence-electron chi connectivity index (χ0n) is 12.7. The van der Waals surface area contributed by atoms with Crippen LogP contribution in [0.3, 0.4) is 0 Å². The Balaban J connectivity index is 1.55. The first-order valence-corrected chi connectivity index (χ1v) is 7.24. The first-order chi connectivity index (χ1) is 11.3. The number of nitrogens with one attached hydrogen (secondary N) is 2. The Hall–Kier alpha value is -3.09. The average Bonchev–Trinajstić information content (AvgIpc) is 2.99. The molecule has 7 heteroatoms. The van der Waals surface area contributed by atoms with Crippen LogP contribution >= 0.6 is 0 Å². The molecule has 0 aliphatic rings. The van der Waals surface area contributed by atoms with Crippen LogP contribution in [0.2, 0.25) is 0 Å². The first-order valence-electron chi connectivity index (χ1n) is 7.24. The molecule has 3 aromatic rings. The van der Waals surface area contributed by atoms with Crippen molar-refractivity contribution in [3.63, 3.8) is 0 Å². The lowest BCUT2D eigenvalue weighted by Gasteiger charge is -2.10. The number of hydrogen-bond donors (Lipinski definition) is 2. The molecule has 3 rings (SSSR count). The van der Waals surface area contributed by atoms with Crippen molar-refractivity contribution in [3.05, 3.63) is 54.5 Å². The van der Waals surface area contributed by atoms with E-state index in [-0.39, 0.29) is 6.03 Å². The summed E-state index contributed by atoms with van der Waals surface area (Å²) in [6.07, 6.45) is 2.49. The highest BCUT2D eigenvalue weighted by Crippen LogP contribution is 2.22. The molecular weight excluding hydrogens is 294 g/mol. The van der Waals surface area contributed by atoms with E-state index in [0.717, 1.165) is 11.5 Å². The van der Waals surface area contributed by atoms with Crippen molar-refractivity contribution in [2.75, 3.05) is 19.0 Å². The van der Waals surface area contributed by atoms with Gasteiger partial charge in [0.1, 0.15) is 11.6 Å². The van der Waals surface area contributed by atoms with Crippen LogP contribution in [0.25, 0.3) is 5.65 Å². The van der Waals surface area contributed by atoms with Crippen molar-refractivity contribution in [1.29, 1.82) is 0 Å². The summed E-state index contributed by atoms with van der Waals surface area (Å²) in [6.45, 7) is 0.455. The number of para-hydroxylation sites is 2. The third kappa shape index (κ3) is 3.39. The SMILES string of the molecule is COc1ccccc1NC(=O)NCCc1nnc2ccccn12. The number of amides is 2. The van der Waals surface area contributed by atoms with Gasteiger partial charge in [-0.05, 0) is 24.3 Å². The summed E-state index contributed by atoms with van der Waals surface area (Å²) in [5.41, 5.74) is 1.42. The first kappa shape index (κ1) is 14.8. The number of pyridine rings is 1. The topological polar surface area (TPSA) is 80.5 Å². The van der Waals surface area contributed by atoms with E-state index in [1.54, 1.807) is 19.2 Å². The van der Waals surface area contributed by atoms with Crippen molar-refractivity contribution in [3.8, 4) is 5.75 Å². The van der Waals surface area contributed by atoms with E-state index in [4.69, 9.17) is 4.74 Å². The quantitative estimate of drug-likeness (QED) is 0.756. The average molecular weight is 311 g/mol. The van der Waals surface area contributed by atoms with Crippen LogP contribution in [0.5, 0.6) is 5.75 Å². The molecule has 0 aliphatic carbocycles. The summed E-state index contributed by atoms with van der Waals surface area (Å²) >= 11 is 0. The summed E-state index contributed by atoms with van der Waals surface area (Å²) in [4.78, 5) is 12.0. The molecule has 0 fully saturated rings. The molecule has 0 saturated carbocycles. The van der Waals surface area contributed by atoms with Gasteiger partial charge in [-0.1, -0.05) is 18.2 Å². The number of carbonyl (C=O) groups is 1. The Kier molecular flexibility index (Phi) is 4.37. The van der Waals surface area contributed by atoms with Crippen LogP contribution in [0.15, 0.2) is 48.7 Å². The normalized spacial score (nSPS) is 10.5. The summed E-state index contributed by atoms with van der Waals surface area (Å²) in [6, 6.07) is 12.7. The molecule has 23 heavy (non-hydrogen) atoms. The number of ether oxygens (including phenoxy) is 1. The Morgan fingerprint density at radius 2 is 2.00 bits per heavy atom. The van der Waals surface area contributed by atoms with Gasteiger partial charge in [-0.25, -0.2) is 4.79 Å². The zero-order valence-corrected chi connectivity index (χ0v) is 12.7. The number of nitrogens with zero attached hydrogens (tertiary/aromatic N) is 3. The Bertz CT molecular complexity index is 815.